The van der Waals surface area contributed by atoms with Gasteiger partial charge in [0.15, 0.2) is 0 Å². The molecule has 0 bridgehead atoms. The fourth-order valence-electron chi connectivity index (χ4n) is 1.63. The maximum absolute atomic E-state index is 11.9. The first-order valence-corrected chi connectivity index (χ1v) is 6.63. The van der Waals surface area contributed by atoms with E-state index >= 15 is 0 Å². The third-order valence-corrected chi connectivity index (χ3v) is 3.65. The highest BCUT2D eigenvalue weighted by Crippen LogP contribution is 2.28. The van der Waals surface area contributed by atoms with Gasteiger partial charge in [0.1, 0.15) is 11.4 Å². The van der Waals surface area contributed by atoms with Gasteiger partial charge < -0.3 is 15.8 Å². The van der Waals surface area contributed by atoms with Gasteiger partial charge in [-0.1, -0.05) is 0 Å². The van der Waals surface area contributed by atoms with Gasteiger partial charge in [-0.3, -0.25) is 9.48 Å². The number of nitrogens with two attached hydrogens (primary N) is 1. The van der Waals surface area contributed by atoms with Gasteiger partial charge in [0.2, 0.25) is 5.91 Å². The van der Waals surface area contributed by atoms with Gasteiger partial charge in [-0.15, -0.1) is 11.3 Å². The van der Waals surface area contributed by atoms with E-state index in [0.717, 1.165) is 5.56 Å². The van der Waals surface area contributed by atoms with Crippen molar-refractivity contribution in [2.45, 2.75) is 13.5 Å². The van der Waals surface area contributed by atoms with Crippen LogP contribution in [0.2, 0.25) is 0 Å². The second-order valence-corrected chi connectivity index (χ2v) is 5.01. The van der Waals surface area contributed by atoms with E-state index < -0.39 is 5.97 Å². The molecule has 8 heteroatoms. The standard InChI is InChI=1S/C12H14N4O3S/c1-7-6-20-11(12(18)19-2)10(7)15-9(17)5-16-4-8(13)3-14-16/h3-4,6H,5,13H2,1-2H3,(H,15,17). The molecule has 0 radical (unpaired) electrons. The Kier molecular flexibility index (Phi) is 4.04. The molecule has 0 unspecified atom stereocenters. The number of thiophene rings is 1. The molecule has 106 valence electrons. The molecule has 0 aromatic carbocycles. The number of hydrogen-bond donors (Lipinski definition) is 2. The number of carbonyl (C=O) groups excluding carboxylic acids is 2. The van der Waals surface area contributed by atoms with Crippen molar-refractivity contribution in [1.29, 1.82) is 0 Å². The highest BCUT2D eigenvalue weighted by molar-refractivity contribution is 7.12. The molecule has 2 aromatic heterocycles. The molecule has 1 amide bonds. The summed E-state index contributed by atoms with van der Waals surface area (Å²) >= 11 is 1.23. The fraction of sp³-hybridized carbons (Fsp3) is 0.250. The van der Waals surface area contributed by atoms with E-state index in [1.807, 2.05) is 6.92 Å². The van der Waals surface area contributed by atoms with Gasteiger partial charge in [-0.05, 0) is 17.9 Å². The first kappa shape index (κ1) is 14.1. The Labute approximate surface area is 119 Å². The molecule has 2 aromatic rings. The quantitative estimate of drug-likeness (QED) is 0.827. The van der Waals surface area contributed by atoms with Crippen LogP contribution in [0.4, 0.5) is 11.4 Å². The highest BCUT2D eigenvalue weighted by atomic mass is 32.1. The number of anilines is 2. The maximum atomic E-state index is 11.9. The van der Waals surface area contributed by atoms with Crippen LogP contribution in [0.1, 0.15) is 15.2 Å². The van der Waals surface area contributed by atoms with Gasteiger partial charge in [0, 0.05) is 6.20 Å². The number of methoxy groups -OCH3 is 1. The van der Waals surface area contributed by atoms with E-state index in [0.29, 0.717) is 16.3 Å². The van der Waals surface area contributed by atoms with Crippen molar-refractivity contribution in [3.8, 4) is 0 Å². The zero-order valence-electron chi connectivity index (χ0n) is 11.0. The molecule has 7 nitrogen and oxygen atoms in total. The fourth-order valence-corrected chi connectivity index (χ4v) is 2.56. The molecule has 0 saturated heterocycles. The lowest BCUT2D eigenvalue weighted by molar-refractivity contribution is -0.116. The summed E-state index contributed by atoms with van der Waals surface area (Å²) in [6, 6.07) is 0. The largest absolute Gasteiger partial charge is 0.465 e. The lowest BCUT2D eigenvalue weighted by Crippen LogP contribution is -2.20. The third kappa shape index (κ3) is 2.97. The van der Waals surface area contributed by atoms with E-state index in [1.54, 1.807) is 11.6 Å². The van der Waals surface area contributed by atoms with Crippen molar-refractivity contribution in [1.82, 2.24) is 9.78 Å². The van der Waals surface area contributed by atoms with Crippen molar-refractivity contribution in [3.05, 3.63) is 28.2 Å². The molecular weight excluding hydrogens is 280 g/mol. The average Bonchev–Trinajstić information content (AvgIpc) is 2.96. The molecule has 20 heavy (non-hydrogen) atoms. The second-order valence-electron chi connectivity index (χ2n) is 4.13. The number of nitrogens with zero attached hydrogens (tertiary/aromatic N) is 2. The number of amides is 1. The normalized spacial score (nSPS) is 10.3. The number of aromatic nitrogens is 2. The number of esters is 1. The second kappa shape index (κ2) is 5.74. The first-order chi connectivity index (χ1) is 9.51. The summed E-state index contributed by atoms with van der Waals surface area (Å²) in [6.07, 6.45) is 3.02. The van der Waals surface area contributed by atoms with Crippen LogP contribution >= 0.6 is 11.3 Å². The number of rotatable bonds is 4. The van der Waals surface area contributed by atoms with Crippen LogP contribution in [0, 0.1) is 6.92 Å². The Hall–Kier alpha value is -2.35. The van der Waals surface area contributed by atoms with Crippen molar-refractivity contribution in [2.75, 3.05) is 18.2 Å². The maximum Gasteiger partial charge on any atom is 0.350 e. The van der Waals surface area contributed by atoms with Gasteiger partial charge >= 0.3 is 5.97 Å². The number of aryl methyl sites for hydroxylation is 1. The highest BCUT2D eigenvalue weighted by Gasteiger charge is 2.18. The zero-order chi connectivity index (χ0) is 14.7. The summed E-state index contributed by atoms with van der Waals surface area (Å²) in [7, 11) is 1.30. The summed E-state index contributed by atoms with van der Waals surface area (Å²) in [5.74, 6) is -0.763. The van der Waals surface area contributed by atoms with Crippen molar-refractivity contribution in [2.24, 2.45) is 0 Å². The lowest BCUT2D eigenvalue weighted by atomic mass is 10.2. The number of nitrogens with one attached hydrogen (secondary N) is 1. The van der Waals surface area contributed by atoms with Gasteiger partial charge in [-0.25, -0.2) is 4.79 Å². The van der Waals surface area contributed by atoms with Crippen LogP contribution in [-0.2, 0) is 16.1 Å². The van der Waals surface area contributed by atoms with Gasteiger partial charge in [0.25, 0.3) is 0 Å². The average molecular weight is 294 g/mol. The van der Waals surface area contributed by atoms with Gasteiger partial charge in [0.05, 0.1) is 24.7 Å². The van der Waals surface area contributed by atoms with E-state index in [4.69, 9.17) is 5.73 Å². The molecule has 0 aliphatic carbocycles. The number of hydrogen-bond acceptors (Lipinski definition) is 6. The van der Waals surface area contributed by atoms with E-state index in [-0.39, 0.29) is 12.5 Å². The molecule has 2 heterocycles. The van der Waals surface area contributed by atoms with Crippen LogP contribution in [0.15, 0.2) is 17.8 Å². The number of ether oxygens (including phenoxy) is 1. The Bertz CT molecular complexity index is 647. The topological polar surface area (TPSA) is 99.2 Å². The molecule has 3 N–H and O–H groups in total. The minimum Gasteiger partial charge on any atom is -0.465 e. The van der Waals surface area contributed by atoms with E-state index in [2.05, 4.69) is 15.2 Å². The predicted octanol–water partition coefficient (Wildman–Crippen LogP) is 1.26. The third-order valence-electron chi connectivity index (χ3n) is 2.57. The van der Waals surface area contributed by atoms with E-state index in [1.165, 1.54) is 29.3 Å². The molecule has 0 aliphatic rings. The number of nitrogen functional groups attached to an aromatic ring is 1. The van der Waals surface area contributed by atoms with Crippen molar-refractivity contribution >= 4 is 34.6 Å². The van der Waals surface area contributed by atoms with Gasteiger partial charge in [-0.2, -0.15) is 5.10 Å². The van der Waals surface area contributed by atoms with Crippen molar-refractivity contribution in [3.63, 3.8) is 0 Å². The molecular formula is C12H14N4O3S. The Morgan fingerprint density at radius 1 is 1.55 bits per heavy atom. The van der Waals surface area contributed by atoms with E-state index in [9.17, 15) is 9.59 Å². The molecule has 0 atom stereocenters. The minimum absolute atomic E-state index is 0.0209. The Morgan fingerprint density at radius 2 is 2.30 bits per heavy atom. The predicted molar refractivity (Wildman–Crippen MR) is 75.7 cm³/mol. The summed E-state index contributed by atoms with van der Waals surface area (Å²) in [5, 5.41) is 8.41. The lowest BCUT2D eigenvalue weighted by Gasteiger charge is -2.07. The molecule has 0 aliphatic heterocycles. The minimum atomic E-state index is -0.471. The summed E-state index contributed by atoms with van der Waals surface area (Å²) in [4.78, 5) is 23.9. The summed E-state index contributed by atoms with van der Waals surface area (Å²) in [6.45, 7) is 1.83. The molecule has 0 spiro atoms. The molecule has 0 saturated carbocycles. The summed E-state index contributed by atoms with van der Waals surface area (Å²) in [5.41, 5.74) is 7.30. The van der Waals surface area contributed by atoms with Crippen LogP contribution in [0.5, 0.6) is 0 Å². The number of carbonyl (C=O) groups is 2. The smallest absolute Gasteiger partial charge is 0.350 e. The Balaban J connectivity index is 2.11. The summed E-state index contributed by atoms with van der Waals surface area (Å²) < 4.78 is 6.10. The Morgan fingerprint density at radius 3 is 2.90 bits per heavy atom. The van der Waals surface area contributed by atoms with Crippen LogP contribution in [0.3, 0.4) is 0 Å². The SMILES string of the molecule is COC(=O)c1scc(C)c1NC(=O)Cn1cc(N)cn1. The van der Waals surface area contributed by atoms with Crippen LogP contribution in [-0.4, -0.2) is 28.8 Å². The molecule has 2 rings (SSSR count). The first-order valence-electron chi connectivity index (χ1n) is 5.75. The molecule has 0 fully saturated rings. The van der Waals surface area contributed by atoms with Crippen LogP contribution < -0.4 is 11.1 Å². The van der Waals surface area contributed by atoms with Crippen LogP contribution in [0.25, 0.3) is 0 Å². The zero-order valence-corrected chi connectivity index (χ0v) is 11.9. The van der Waals surface area contributed by atoms with Crippen molar-refractivity contribution < 1.29 is 14.3 Å². The monoisotopic (exact) mass is 294 g/mol.